The van der Waals surface area contributed by atoms with Crippen LogP contribution in [0.15, 0.2) is 122 Å². The van der Waals surface area contributed by atoms with Crippen LogP contribution >= 0.6 is 15.6 Å². The van der Waals surface area contributed by atoms with Crippen molar-refractivity contribution in [3.05, 3.63) is 122 Å². The van der Waals surface area contributed by atoms with Crippen molar-refractivity contribution >= 4 is 33.6 Å². The highest BCUT2D eigenvalue weighted by Gasteiger charge is 2.29. The first-order valence-electron chi connectivity index (χ1n) is 34.8. The number of ether oxygens (including phenoxy) is 3. The van der Waals surface area contributed by atoms with Gasteiger partial charge in [0, 0.05) is 19.3 Å². The molecule has 0 saturated carbocycles. The van der Waals surface area contributed by atoms with Gasteiger partial charge in [-0.15, -0.1) is 0 Å². The monoisotopic (exact) mass is 1320 g/mol. The Morgan fingerprint density at radius 1 is 0.319 bits per heavy atom. The molecule has 0 radical (unpaired) electrons. The first-order chi connectivity index (χ1) is 44.2. The highest BCUT2D eigenvalue weighted by Crippen LogP contribution is 2.45. The van der Waals surface area contributed by atoms with Crippen LogP contribution in [0.1, 0.15) is 265 Å². The lowest BCUT2D eigenvalue weighted by atomic mass is 10.0. The number of rotatable bonds is 65. The van der Waals surface area contributed by atoms with Crippen molar-refractivity contribution in [2.24, 2.45) is 0 Å². The topological polar surface area (TPSA) is 231 Å². The summed E-state index contributed by atoms with van der Waals surface area (Å²) in [6.45, 7) is 2.35. The molecule has 0 aromatic heterocycles. The van der Waals surface area contributed by atoms with E-state index in [1.54, 1.807) is 0 Å². The van der Waals surface area contributed by atoms with Crippen molar-refractivity contribution in [1.29, 1.82) is 0 Å². The number of esters is 3. The maximum atomic E-state index is 12.9. The second-order valence-corrected chi connectivity index (χ2v) is 25.8. The van der Waals surface area contributed by atoms with Gasteiger partial charge in [-0.2, -0.15) is 0 Å². The summed E-state index contributed by atoms with van der Waals surface area (Å²) >= 11 is 0. The molecule has 0 aliphatic rings. The summed E-state index contributed by atoms with van der Waals surface area (Å²) in [6, 6.07) is 0. The largest absolute Gasteiger partial charge is 0.472 e. The molecule has 91 heavy (non-hydrogen) atoms. The van der Waals surface area contributed by atoms with E-state index in [0.29, 0.717) is 25.7 Å². The van der Waals surface area contributed by atoms with Crippen LogP contribution in [0.5, 0.6) is 0 Å². The molecule has 0 amide bonds. The van der Waals surface area contributed by atoms with E-state index in [1.807, 2.05) is 12.2 Å². The van der Waals surface area contributed by atoms with Gasteiger partial charge in [-0.1, -0.05) is 264 Å². The zero-order valence-electron chi connectivity index (χ0n) is 56.5. The minimum Gasteiger partial charge on any atom is -0.463 e. The van der Waals surface area contributed by atoms with Crippen molar-refractivity contribution in [1.82, 2.24) is 0 Å². The van der Waals surface area contributed by atoms with E-state index in [-0.39, 0.29) is 19.3 Å². The summed E-state index contributed by atoms with van der Waals surface area (Å²) in [6.07, 6.45) is 75.6. The summed E-state index contributed by atoms with van der Waals surface area (Å²) in [5.74, 6) is -1.65. The van der Waals surface area contributed by atoms with Crippen LogP contribution in [0.25, 0.3) is 0 Å². The fraction of sp³-hybridized carbons (Fsp3) is 0.685. The Kier molecular flexibility index (Phi) is 63.1. The van der Waals surface area contributed by atoms with Gasteiger partial charge in [0.25, 0.3) is 0 Å². The SMILES string of the molecule is CC/C=C\C/C=C\C/C=C\C/C=C\C/C=C\CCCCCCCCCCCCCC(=O)OCC(O)COP(=O)(O)OCC(O)COP(=O)(O)OCC(COC(=O)CCC/C=C\C/C=C\C/C=C\C/C=C\C/C=C\CC)OC(=O)CCCCCCCCCCCCC. The van der Waals surface area contributed by atoms with E-state index < -0.39 is 91.5 Å². The number of aliphatic hydroxyl groups is 2. The van der Waals surface area contributed by atoms with Crippen LogP contribution in [-0.4, -0.2) is 95.9 Å². The van der Waals surface area contributed by atoms with Gasteiger partial charge in [-0.25, -0.2) is 9.13 Å². The number of hydrogen-bond donors (Lipinski definition) is 4. The number of allylic oxidation sites excluding steroid dienone is 20. The van der Waals surface area contributed by atoms with Crippen LogP contribution in [0.2, 0.25) is 0 Å². The zero-order valence-corrected chi connectivity index (χ0v) is 58.3. The van der Waals surface area contributed by atoms with E-state index in [1.165, 1.54) is 83.5 Å². The van der Waals surface area contributed by atoms with Crippen molar-refractivity contribution < 1.29 is 75.8 Å². The van der Waals surface area contributed by atoms with Crippen LogP contribution < -0.4 is 0 Å². The summed E-state index contributed by atoms with van der Waals surface area (Å²) < 4.78 is 60.8. The highest BCUT2D eigenvalue weighted by atomic mass is 31.2. The molecule has 0 aromatic carbocycles. The van der Waals surface area contributed by atoms with Crippen LogP contribution in [0.3, 0.4) is 0 Å². The van der Waals surface area contributed by atoms with E-state index >= 15 is 0 Å². The molecule has 0 aliphatic heterocycles. The third-order valence-corrected chi connectivity index (χ3v) is 16.1. The Morgan fingerprint density at radius 3 is 0.967 bits per heavy atom. The second kappa shape index (κ2) is 66.0. The number of aliphatic hydroxyl groups excluding tert-OH is 2. The minimum absolute atomic E-state index is 0.0918. The Morgan fingerprint density at radius 2 is 0.593 bits per heavy atom. The van der Waals surface area contributed by atoms with E-state index in [9.17, 15) is 43.5 Å². The average Bonchev–Trinajstić information content (AvgIpc) is 3.69. The third-order valence-electron chi connectivity index (χ3n) is 14.2. The molecule has 0 saturated heterocycles. The van der Waals surface area contributed by atoms with Gasteiger partial charge in [-0.3, -0.25) is 32.5 Å². The molecular formula is C73H124O16P2. The fourth-order valence-corrected chi connectivity index (χ4v) is 10.5. The maximum Gasteiger partial charge on any atom is 0.472 e. The Hall–Kier alpha value is -4.05. The molecule has 0 aromatic rings. The number of carbonyl (C=O) groups is 3. The molecule has 0 fully saturated rings. The quantitative estimate of drug-likeness (QED) is 0.0146. The standard InChI is InChI=1S/C73H124O16P2/c1-4-7-10-13-16-19-22-24-26-28-29-30-31-32-33-34-35-36-37-39-41-42-45-47-50-53-56-59-71(76)83-62-68(74)63-85-90(79,80)86-64-69(75)65-87-91(81,82)88-67-70(89-73(78)61-58-55-52-49-44-21-18-15-12-9-6-3)66-84-72(77)60-57-54-51-48-46-43-40-38-27-25-23-20-17-14-11-8-5-2/h7-8,10-11,16-17,19-20,24-27,29-30,32-33,40,43,48,51,68-70,74-75H,4-6,9,12-15,18,21-23,28,31,34-39,41-42,44-47,49-50,52-67H2,1-3H3,(H,79,80)(H,81,82)/b10-7-,11-8-,19-16-,20-17-,26-24-,27-25-,30-29-,33-32-,43-40-,51-48-. The molecule has 16 nitrogen and oxygen atoms in total. The normalized spacial score (nSPS) is 14.9. The lowest BCUT2D eigenvalue weighted by molar-refractivity contribution is -0.161. The van der Waals surface area contributed by atoms with Gasteiger partial charge >= 0.3 is 33.6 Å². The molecule has 5 unspecified atom stereocenters. The molecular weight excluding hydrogens is 1190 g/mol. The van der Waals surface area contributed by atoms with Crippen LogP contribution in [0, 0.1) is 0 Å². The van der Waals surface area contributed by atoms with Gasteiger partial charge < -0.3 is 34.2 Å². The Bertz CT molecular complexity index is 2140. The predicted molar refractivity (Wildman–Crippen MR) is 371 cm³/mol. The van der Waals surface area contributed by atoms with Crippen molar-refractivity contribution in [3.8, 4) is 0 Å². The second-order valence-electron chi connectivity index (χ2n) is 22.9. The number of phosphoric ester groups is 2. The minimum atomic E-state index is -4.93. The lowest BCUT2D eigenvalue weighted by Gasteiger charge is -2.21. The lowest BCUT2D eigenvalue weighted by Crippen LogP contribution is -2.30. The molecule has 4 N–H and O–H groups in total. The van der Waals surface area contributed by atoms with Gasteiger partial charge in [0.15, 0.2) is 6.10 Å². The molecule has 5 atom stereocenters. The Balaban J connectivity index is 4.51. The summed E-state index contributed by atoms with van der Waals surface area (Å²) in [4.78, 5) is 58.3. The molecule has 0 rings (SSSR count). The summed E-state index contributed by atoms with van der Waals surface area (Å²) in [5, 5.41) is 20.5. The molecule has 0 aliphatic carbocycles. The molecule has 18 heteroatoms. The zero-order chi connectivity index (χ0) is 66.7. The number of phosphoric acid groups is 2. The number of carbonyl (C=O) groups excluding carboxylic acids is 3. The fourth-order valence-electron chi connectivity index (χ4n) is 8.93. The molecule has 0 heterocycles. The first-order valence-corrected chi connectivity index (χ1v) is 37.8. The summed E-state index contributed by atoms with van der Waals surface area (Å²) in [7, 11) is -9.79. The average molecular weight is 1320 g/mol. The summed E-state index contributed by atoms with van der Waals surface area (Å²) in [5.41, 5.74) is 0. The van der Waals surface area contributed by atoms with Crippen molar-refractivity contribution in [3.63, 3.8) is 0 Å². The number of unbranched alkanes of at least 4 members (excludes halogenated alkanes) is 22. The smallest absolute Gasteiger partial charge is 0.463 e. The van der Waals surface area contributed by atoms with Gasteiger partial charge in [-0.05, 0) is 103 Å². The van der Waals surface area contributed by atoms with Gasteiger partial charge in [0.05, 0.1) is 26.4 Å². The Labute approximate surface area is 551 Å². The first kappa shape index (κ1) is 87.0. The van der Waals surface area contributed by atoms with Gasteiger partial charge in [0.1, 0.15) is 25.4 Å². The van der Waals surface area contributed by atoms with Crippen LogP contribution in [-0.2, 0) is 55.8 Å². The molecule has 0 bridgehead atoms. The van der Waals surface area contributed by atoms with E-state index in [4.69, 9.17) is 32.3 Å². The third kappa shape index (κ3) is 67.2. The van der Waals surface area contributed by atoms with Crippen molar-refractivity contribution in [2.45, 2.75) is 283 Å². The number of hydrogen-bond acceptors (Lipinski definition) is 14. The van der Waals surface area contributed by atoms with E-state index in [0.717, 1.165) is 116 Å². The predicted octanol–water partition coefficient (Wildman–Crippen LogP) is 19.4. The highest BCUT2D eigenvalue weighted by molar-refractivity contribution is 7.47. The van der Waals surface area contributed by atoms with E-state index in [2.05, 4.69) is 130 Å². The van der Waals surface area contributed by atoms with Gasteiger partial charge in [0.2, 0.25) is 0 Å². The van der Waals surface area contributed by atoms with Crippen LogP contribution in [0.4, 0.5) is 0 Å². The molecule has 522 valence electrons. The molecule has 0 spiro atoms. The van der Waals surface area contributed by atoms with Crippen molar-refractivity contribution in [2.75, 3.05) is 39.6 Å². The maximum absolute atomic E-state index is 12.9.